The lowest BCUT2D eigenvalue weighted by molar-refractivity contribution is -0.141. The Labute approximate surface area is 109 Å². The zero-order valence-electron chi connectivity index (χ0n) is 10.9. The predicted molar refractivity (Wildman–Crippen MR) is 65.9 cm³/mol. The molecule has 1 rings (SSSR count). The van der Waals surface area contributed by atoms with Gasteiger partial charge < -0.3 is 15.7 Å². The van der Waals surface area contributed by atoms with Crippen molar-refractivity contribution < 1.29 is 18.3 Å². The predicted octanol–water partition coefficient (Wildman–Crippen LogP) is 1.97. The first-order valence-electron chi connectivity index (χ1n) is 5.79. The number of nitrogens with zero attached hydrogens (tertiary/aromatic N) is 2. The van der Waals surface area contributed by atoms with E-state index in [9.17, 15) is 13.2 Å². The van der Waals surface area contributed by atoms with E-state index in [0.29, 0.717) is 0 Å². The number of anilines is 2. The molecule has 0 aliphatic heterocycles. The quantitative estimate of drug-likeness (QED) is 0.768. The van der Waals surface area contributed by atoms with Gasteiger partial charge in [-0.05, 0) is 5.92 Å². The van der Waals surface area contributed by atoms with E-state index in [2.05, 4.69) is 20.6 Å². The van der Waals surface area contributed by atoms with Crippen molar-refractivity contribution >= 4 is 11.8 Å². The maximum atomic E-state index is 12.7. The van der Waals surface area contributed by atoms with Gasteiger partial charge in [0.25, 0.3) is 0 Å². The molecule has 0 bridgehead atoms. The first-order chi connectivity index (χ1) is 8.77. The first-order valence-corrected chi connectivity index (χ1v) is 5.79. The number of aromatic nitrogens is 2. The SMILES string of the molecule is CNc1nc(NC(CO)C(C)C)cc(C(F)(F)F)n1. The zero-order valence-corrected chi connectivity index (χ0v) is 10.9. The van der Waals surface area contributed by atoms with Crippen LogP contribution in [0.1, 0.15) is 19.5 Å². The lowest BCUT2D eigenvalue weighted by atomic mass is 10.1. The van der Waals surface area contributed by atoms with Gasteiger partial charge in [-0.1, -0.05) is 13.8 Å². The van der Waals surface area contributed by atoms with E-state index >= 15 is 0 Å². The molecule has 3 N–H and O–H groups in total. The van der Waals surface area contributed by atoms with Crippen molar-refractivity contribution in [2.45, 2.75) is 26.1 Å². The fraction of sp³-hybridized carbons (Fsp3) is 0.636. The Morgan fingerprint density at radius 2 is 1.95 bits per heavy atom. The molecule has 1 atom stereocenters. The van der Waals surface area contributed by atoms with Gasteiger partial charge in [0.1, 0.15) is 5.82 Å². The van der Waals surface area contributed by atoms with Crippen LogP contribution in [0, 0.1) is 5.92 Å². The molecule has 0 aromatic carbocycles. The molecular weight excluding hydrogens is 261 g/mol. The number of alkyl halides is 3. The van der Waals surface area contributed by atoms with Crippen molar-refractivity contribution in [3.05, 3.63) is 11.8 Å². The maximum Gasteiger partial charge on any atom is 0.433 e. The second-order valence-corrected chi connectivity index (χ2v) is 4.39. The number of halogens is 3. The number of rotatable bonds is 5. The third kappa shape index (κ3) is 4.23. The summed E-state index contributed by atoms with van der Waals surface area (Å²) in [6.07, 6.45) is -4.54. The van der Waals surface area contributed by atoms with E-state index in [4.69, 9.17) is 5.11 Å². The van der Waals surface area contributed by atoms with E-state index in [1.807, 2.05) is 13.8 Å². The molecule has 1 unspecified atom stereocenters. The fourth-order valence-corrected chi connectivity index (χ4v) is 1.39. The summed E-state index contributed by atoms with van der Waals surface area (Å²) in [5.74, 6) is -0.0514. The Morgan fingerprint density at radius 3 is 2.37 bits per heavy atom. The Kier molecular flexibility index (Phi) is 4.93. The maximum absolute atomic E-state index is 12.7. The van der Waals surface area contributed by atoms with Crippen molar-refractivity contribution in [1.29, 1.82) is 0 Å². The van der Waals surface area contributed by atoms with Crippen LogP contribution >= 0.6 is 0 Å². The normalized spacial score (nSPS) is 13.5. The third-order valence-corrected chi connectivity index (χ3v) is 2.57. The summed E-state index contributed by atoms with van der Waals surface area (Å²) in [7, 11) is 1.44. The van der Waals surface area contributed by atoms with Crippen molar-refractivity contribution in [2.24, 2.45) is 5.92 Å². The molecule has 0 radical (unpaired) electrons. The molecule has 1 aromatic rings. The molecule has 0 amide bonds. The van der Waals surface area contributed by atoms with Crippen LogP contribution in [-0.4, -0.2) is 34.8 Å². The highest BCUT2D eigenvalue weighted by atomic mass is 19.4. The molecule has 0 spiro atoms. The summed E-state index contributed by atoms with van der Waals surface area (Å²) in [4.78, 5) is 7.24. The van der Waals surface area contributed by atoms with Gasteiger partial charge in [0.05, 0.1) is 12.6 Å². The van der Waals surface area contributed by atoms with E-state index in [1.165, 1.54) is 7.05 Å². The molecule has 0 aliphatic carbocycles. The van der Waals surface area contributed by atoms with Crippen LogP contribution < -0.4 is 10.6 Å². The Balaban J connectivity index is 3.07. The lowest BCUT2D eigenvalue weighted by Crippen LogP contribution is -2.30. The standard InChI is InChI=1S/C11H17F3N4O/c1-6(2)7(5-19)16-9-4-8(11(12,13)14)17-10(15-3)18-9/h4,6-7,19H,5H2,1-3H3,(H2,15,16,17,18). The highest BCUT2D eigenvalue weighted by Crippen LogP contribution is 2.29. The van der Waals surface area contributed by atoms with Gasteiger partial charge in [0.2, 0.25) is 5.95 Å². The van der Waals surface area contributed by atoms with E-state index < -0.39 is 11.9 Å². The van der Waals surface area contributed by atoms with Crippen LogP contribution in [0.25, 0.3) is 0 Å². The summed E-state index contributed by atoms with van der Waals surface area (Å²) < 4.78 is 38.0. The van der Waals surface area contributed by atoms with Gasteiger partial charge in [-0.3, -0.25) is 0 Å². The molecule has 19 heavy (non-hydrogen) atoms. The zero-order chi connectivity index (χ0) is 14.6. The molecule has 108 valence electrons. The van der Waals surface area contributed by atoms with Crippen LogP contribution in [0.3, 0.4) is 0 Å². The fourth-order valence-electron chi connectivity index (χ4n) is 1.39. The van der Waals surface area contributed by atoms with E-state index in [1.54, 1.807) is 0 Å². The molecule has 0 fully saturated rings. The van der Waals surface area contributed by atoms with Crippen molar-refractivity contribution in [1.82, 2.24) is 9.97 Å². The average Bonchev–Trinajstić information content (AvgIpc) is 2.34. The summed E-state index contributed by atoms with van der Waals surface area (Å²) in [5, 5.41) is 14.4. The number of aliphatic hydroxyl groups is 1. The Bertz CT molecular complexity index is 423. The average molecular weight is 278 g/mol. The summed E-state index contributed by atoms with van der Waals surface area (Å²) in [5.41, 5.74) is -1.03. The smallest absolute Gasteiger partial charge is 0.394 e. The second kappa shape index (κ2) is 6.05. The van der Waals surface area contributed by atoms with Crippen molar-refractivity contribution in [2.75, 3.05) is 24.3 Å². The van der Waals surface area contributed by atoms with Crippen LogP contribution in [-0.2, 0) is 6.18 Å². The third-order valence-electron chi connectivity index (χ3n) is 2.57. The number of nitrogens with one attached hydrogen (secondary N) is 2. The Hall–Kier alpha value is -1.57. The van der Waals surface area contributed by atoms with Gasteiger partial charge in [-0.2, -0.15) is 18.2 Å². The molecular formula is C11H17F3N4O. The summed E-state index contributed by atoms with van der Waals surface area (Å²) in [6.45, 7) is 3.50. The topological polar surface area (TPSA) is 70.1 Å². The van der Waals surface area contributed by atoms with Gasteiger partial charge in [-0.25, -0.2) is 4.98 Å². The minimum absolute atomic E-state index is 0.0272. The van der Waals surface area contributed by atoms with Gasteiger partial charge >= 0.3 is 6.18 Å². The minimum atomic E-state index is -4.54. The highest BCUT2D eigenvalue weighted by molar-refractivity contribution is 5.43. The first kappa shape index (κ1) is 15.5. The summed E-state index contributed by atoms with van der Waals surface area (Å²) in [6, 6.07) is 0.451. The monoisotopic (exact) mass is 278 g/mol. The molecule has 0 saturated carbocycles. The Morgan fingerprint density at radius 1 is 1.32 bits per heavy atom. The van der Waals surface area contributed by atoms with Crippen molar-refractivity contribution in [3.63, 3.8) is 0 Å². The van der Waals surface area contributed by atoms with Gasteiger partial charge in [-0.15, -0.1) is 0 Å². The number of hydrogen-bond donors (Lipinski definition) is 3. The van der Waals surface area contributed by atoms with Gasteiger partial charge in [0, 0.05) is 13.1 Å². The second-order valence-electron chi connectivity index (χ2n) is 4.39. The molecule has 1 heterocycles. The molecule has 1 aromatic heterocycles. The van der Waals surface area contributed by atoms with Crippen LogP contribution in [0.4, 0.5) is 24.9 Å². The molecule has 8 heteroatoms. The number of aliphatic hydroxyl groups excluding tert-OH is 1. The summed E-state index contributed by atoms with van der Waals surface area (Å²) >= 11 is 0. The lowest BCUT2D eigenvalue weighted by Gasteiger charge is -2.21. The molecule has 0 aliphatic rings. The van der Waals surface area contributed by atoms with Crippen molar-refractivity contribution in [3.8, 4) is 0 Å². The van der Waals surface area contributed by atoms with Crippen LogP contribution in [0.2, 0.25) is 0 Å². The minimum Gasteiger partial charge on any atom is -0.394 e. The van der Waals surface area contributed by atoms with Gasteiger partial charge in [0.15, 0.2) is 5.69 Å². The number of hydrogen-bond acceptors (Lipinski definition) is 5. The largest absolute Gasteiger partial charge is 0.433 e. The molecule has 5 nitrogen and oxygen atoms in total. The van der Waals surface area contributed by atoms with Crippen LogP contribution in [0.5, 0.6) is 0 Å². The van der Waals surface area contributed by atoms with E-state index in [0.717, 1.165) is 6.07 Å². The van der Waals surface area contributed by atoms with Crippen LogP contribution in [0.15, 0.2) is 6.07 Å². The van der Waals surface area contributed by atoms with E-state index in [-0.39, 0.29) is 30.3 Å². The highest BCUT2D eigenvalue weighted by Gasteiger charge is 2.33. The molecule has 0 saturated heterocycles.